The molecule has 2 heterocycles. The van der Waals surface area contributed by atoms with E-state index < -0.39 is 65.9 Å². The monoisotopic (exact) mass is 565 g/mol. The summed E-state index contributed by atoms with van der Waals surface area (Å²) in [5.74, 6) is -4.01. The molecular weight excluding hydrogens is 522 g/mol. The molecular formula is C26H43N7O7. The Hall–Kier alpha value is -3.52. The van der Waals surface area contributed by atoms with E-state index in [4.69, 9.17) is 5.73 Å². The largest absolute Gasteiger partial charge is 0.480 e. The van der Waals surface area contributed by atoms with Crippen molar-refractivity contribution in [2.75, 3.05) is 6.54 Å². The minimum absolute atomic E-state index is 0.0539. The molecule has 6 unspecified atom stereocenters. The van der Waals surface area contributed by atoms with Gasteiger partial charge in [0, 0.05) is 24.9 Å². The highest BCUT2D eigenvalue weighted by atomic mass is 16.4. The number of aromatic nitrogens is 2. The normalized spacial score (nSPS) is 19.0. The first-order chi connectivity index (χ1) is 18.7. The molecule has 40 heavy (non-hydrogen) atoms. The summed E-state index contributed by atoms with van der Waals surface area (Å²) < 4.78 is 0. The third kappa shape index (κ3) is 9.01. The number of hydrogen-bond acceptors (Lipinski definition) is 8. The van der Waals surface area contributed by atoms with E-state index in [1.807, 2.05) is 13.8 Å². The Morgan fingerprint density at radius 1 is 1.05 bits per heavy atom. The van der Waals surface area contributed by atoms with Crippen LogP contribution in [0, 0.1) is 11.8 Å². The number of nitrogens with one attached hydrogen (secondary N) is 4. The summed E-state index contributed by atoms with van der Waals surface area (Å²) in [5.41, 5.74) is 6.54. The molecule has 8 N–H and O–H groups in total. The number of nitrogens with zero attached hydrogens (tertiary/aromatic N) is 2. The smallest absolute Gasteiger partial charge is 0.326 e. The van der Waals surface area contributed by atoms with Crippen molar-refractivity contribution < 1.29 is 34.2 Å². The van der Waals surface area contributed by atoms with Crippen LogP contribution in [0.15, 0.2) is 12.5 Å². The van der Waals surface area contributed by atoms with Gasteiger partial charge < -0.3 is 41.8 Å². The predicted octanol–water partition coefficient (Wildman–Crippen LogP) is -1.11. The fourth-order valence-electron chi connectivity index (χ4n) is 4.48. The lowest BCUT2D eigenvalue weighted by molar-refractivity contribution is -0.150. The third-order valence-electron chi connectivity index (χ3n) is 6.84. The van der Waals surface area contributed by atoms with Gasteiger partial charge in [-0.3, -0.25) is 19.2 Å². The van der Waals surface area contributed by atoms with Crippen molar-refractivity contribution in [1.82, 2.24) is 30.8 Å². The third-order valence-corrected chi connectivity index (χ3v) is 6.84. The van der Waals surface area contributed by atoms with Gasteiger partial charge in [-0.2, -0.15) is 0 Å². The fraction of sp³-hybridized carbons (Fsp3) is 0.692. The Morgan fingerprint density at radius 3 is 2.20 bits per heavy atom. The number of imidazole rings is 1. The predicted molar refractivity (Wildman–Crippen MR) is 144 cm³/mol. The summed E-state index contributed by atoms with van der Waals surface area (Å²) in [7, 11) is 0. The van der Waals surface area contributed by atoms with E-state index in [2.05, 4.69) is 25.9 Å². The zero-order chi connectivity index (χ0) is 30.1. The van der Waals surface area contributed by atoms with Crippen LogP contribution in [0.3, 0.4) is 0 Å². The van der Waals surface area contributed by atoms with Gasteiger partial charge in [0.15, 0.2) is 0 Å². The Balaban J connectivity index is 2.23. The summed E-state index contributed by atoms with van der Waals surface area (Å²) in [6, 6.07) is -5.51. The van der Waals surface area contributed by atoms with Gasteiger partial charge >= 0.3 is 5.97 Å². The first kappa shape index (κ1) is 32.7. The van der Waals surface area contributed by atoms with E-state index in [1.165, 1.54) is 19.4 Å². The van der Waals surface area contributed by atoms with Gasteiger partial charge in [-0.15, -0.1) is 0 Å². The van der Waals surface area contributed by atoms with Crippen LogP contribution in [0.4, 0.5) is 0 Å². The highest BCUT2D eigenvalue weighted by Crippen LogP contribution is 2.19. The number of aromatic amines is 1. The maximum Gasteiger partial charge on any atom is 0.326 e. The molecule has 0 spiro atoms. The summed E-state index contributed by atoms with van der Waals surface area (Å²) in [6.45, 7) is 8.75. The molecule has 1 aliphatic heterocycles. The molecule has 1 aromatic rings. The molecule has 0 aromatic carbocycles. The number of amides is 4. The highest BCUT2D eigenvalue weighted by molar-refractivity contribution is 5.95. The van der Waals surface area contributed by atoms with Crippen LogP contribution in [0.5, 0.6) is 0 Å². The van der Waals surface area contributed by atoms with Crippen LogP contribution in [0.1, 0.15) is 59.6 Å². The number of carbonyl (C=O) groups excluding carboxylic acids is 4. The molecule has 0 radical (unpaired) electrons. The van der Waals surface area contributed by atoms with Crippen molar-refractivity contribution in [2.24, 2.45) is 17.6 Å². The molecule has 1 aromatic heterocycles. The van der Waals surface area contributed by atoms with Crippen LogP contribution in [0.2, 0.25) is 0 Å². The molecule has 14 heteroatoms. The summed E-state index contributed by atoms with van der Waals surface area (Å²) in [4.78, 5) is 72.2. The molecule has 1 saturated heterocycles. The quantitative estimate of drug-likeness (QED) is 0.145. The molecule has 6 atom stereocenters. The van der Waals surface area contributed by atoms with E-state index in [-0.39, 0.29) is 37.6 Å². The molecule has 4 amide bonds. The van der Waals surface area contributed by atoms with Crippen molar-refractivity contribution >= 4 is 29.6 Å². The zero-order valence-electron chi connectivity index (χ0n) is 23.7. The average molecular weight is 566 g/mol. The van der Waals surface area contributed by atoms with Crippen LogP contribution in [-0.2, 0) is 30.4 Å². The van der Waals surface area contributed by atoms with Crippen LogP contribution in [0.25, 0.3) is 0 Å². The van der Waals surface area contributed by atoms with Crippen LogP contribution >= 0.6 is 0 Å². The average Bonchev–Trinajstić information content (AvgIpc) is 3.57. The van der Waals surface area contributed by atoms with E-state index >= 15 is 0 Å². The number of carboxylic acids is 1. The molecule has 1 fully saturated rings. The second kappa shape index (κ2) is 14.7. The first-order valence-corrected chi connectivity index (χ1v) is 13.6. The Kier molecular flexibility index (Phi) is 12.1. The number of aliphatic hydroxyl groups excluding tert-OH is 1. The zero-order valence-corrected chi connectivity index (χ0v) is 23.7. The minimum atomic E-state index is -1.41. The van der Waals surface area contributed by atoms with Crippen molar-refractivity contribution in [2.45, 2.75) is 96.6 Å². The Bertz CT molecular complexity index is 1030. The molecule has 0 bridgehead atoms. The van der Waals surface area contributed by atoms with Gasteiger partial charge in [-0.1, -0.05) is 27.7 Å². The number of rotatable bonds is 14. The van der Waals surface area contributed by atoms with Crippen molar-refractivity contribution in [3.63, 3.8) is 0 Å². The standard InChI is InChI=1S/C26H43N7O7/c1-13(2)9-17(23(36)32-21(15(5)34)25(38)33-8-6-7-19(33)26(39)40)30-22(35)18(10-16-11-28-12-29-16)31-24(37)20(27)14(3)4/h11-15,17-21,34H,6-10,27H2,1-5H3,(H,28,29)(H,30,35)(H,31,37)(H,32,36)(H,39,40). The molecule has 224 valence electrons. The van der Waals surface area contributed by atoms with E-state index in [9.17, 15) is 34.2 Å². The lowest BCUT2D eigenvalue weighted by Crippen LogP contribution is -2.61. The lowest BCUT2D eigenvalue weighted by atomic mass is 10.0. The maximum absolute atomic E-state index is 13.4. The molecule has 14 nitrogen and oxygen atoms in total. The number of carbonyl (C=O) groups is 5. The number of nitrogens with two attached hydrogens (primary N) is 1. The number of likely N-dealkylation sites (tertiary alicyclic amines) is 1. The SMILES string of the molecule is CC(C)CC(NC(=O)C(Cc1cnc[nH]1)NC(=O)C(N)C(C)C)C(=O)NC(C(=O)N1CCCC1C(=O)O)C(C)O. The Labute approximate surface area is 233 Å². The second-order valence-corrected chi connectivity index (χ2v) is 11.1. The van der Waals surface area contributed by atoms with Gasteiger partial charge in [0.2, 0.25) is 23.6 Å². The minimum Gasteiger partial charge on any atom is -0.480 e. The topological polar surface area (TPSA) is 220 Å². The lowest BCUT2D eigenvalue weighted by Gasteiger charge is -2.31. The van der Waals surface area contributed by atoms with Gasteiger partial charge in [0.05, 0.1) is 18.5 Å². The van der Waals surface area contributed by atoms with Gasteiger partial charge in [-0.05, 0) is 38.0 Å². The maximum atomic E-state index is 13.4. The van der Waals surface area contributed by atoms with Crippen LogP contribution in [-0.4, -0.2) is 97.5 Å². The first-order valence-electron chi connectivity index (χ1n) is 13.6. The van der Waals surface area contributed by atoms with Crippen molar-refractivity contribution in [3.05, 3.63) is 18.2 Å². The summed E-state index contributed by atoms with van der Waals surface area (Å²) >= 11 is 0. The fourth-order valence-corrected chi connectivity index (χ4v) is 4.48. The number of aliphatic carboxylic acids is 1. The number of aliphatic hydroxyl groups is 1. The molecule has 2 rings (SSSR count). The number of hydrogen-bond donors (Lipinski definition) is 7. The second-order valence-electron chi connectivity index (χ2n) is 11.1. The molecule has 0 aliphatic carbocycles. The van der Waals surface area contributed by atoms with Crippen molar-refractivity contribution in [1.29, 1.82) is 0 Å². The van der Waals surface area contributed by atoms with Crippen LogP contribution < -0.4 is 21.7 Å². The highest BCUT2D eigenvalue weighted by Gasteiger charge is 2.40. The van der Waals surface area contributed by atoms with E-state index in [0.717, 1.165) is 4.90 Å². The van der Waals surface area contributed by atoms with E-state index in [0.29, 0.717) is 12.1 Å². The summed E-state index contributed by atoms with van der Waals surface area (Å²) in [5, 5.41) is 27.6. The summed E-state index contributed by atoms with van der Waals surface area (Å²) in [6.07, 6.45) is 2.62. The number of carboxylic acid groups (broad SMARTS) is 1. The molecule has 1 aliphatic rings. The van der Waals surface area contributed by atoms with E-state index in [1.54, 1.807) is 13.8 Å². The number of H-pyrrole nitrogens is 1. The van der Waals surface area contributed by atoms with Crippen molar-refractivity contribution in [3.8, 4) is 0 Å². The van der Waals surface area contributed by atoms with Gasteiger partial charge in [0.1, 0.15) is 24.2 Å². The molecule has 0 saturated carbocycles. The Morgan fingerprint density at radius 2 is 1.68 bits per heavy atom. The van der Waals surface area contributed by atoms with Gasteiger partial charge in [0.25, 0.3) is 0 Å². The van der Waals surface area contributed by atoms with Gasteiger partial charge in [-0.25, -0.2) is 9.78 Å².